The normalized spacial score (nSPS) is 11.7. The second-order valence-electron chi connectivity index (χ2n) is 6.58. The molecular formula is C19H22N4O2. The molecule has 0 aliphatic heterocycles. The Labute approximate surface area is 146 Å². The number of aryl methyl sites for hydroxylation is 1. The zero-order chi connectivity index (χ0) is 18.2. The maximum Gasteiger partial charge on any atom is 0.264 e. The van der Waals surface area contributed by atoms with E-state index in [9.17, 15) is 9.90 Å². The molecule has 0 saturated carbocycles. The van der Waals surface area contributed by atoms with Gasteiger partial charge in [-0.25, -0.2) is 9.97 Å². The van der Waals surface area contributed by atoms with Gasteiger partial charge in [-0.15, -0.1) is 0 Å². The first-order valence-corrected chi connectivity index (χ1v) is 8.25. The standard InChI is InChI=1S/C19H22N4O2/c1-5-20-17-16-15(21-11-23(4)18(16)24)10-14(22-17)12-6-8-13(9-7-12)19(2,3)25/h6-11,25H,5H2,1-4H3,(H,20,22). The largest absolute Gasteiger partial charge is 0.386 e. The number of hydrogen-bond donors (Lipinski definition) is 2. The molecule has 0 aliphatic rings. The molecule has 0 bridgehead atoms. The third kappa shape index (κ3) is 3.25. The number of hydrogen-bond acceptors (Lipinski definition) is 5. The zero-order valence-corrected chi connectivity index (χ0v) is 14.9. The lowest BCUT2D eigenvalue weighted by molar-refractivity contribution is 0.0786. The average molecular weight is 338 g/mol. The van der Waals surface area contributed by atoms with Gasteiger partial charge in [-0.2, -0.15) is 0 Å². The predicted octanol–water partition coefficient (Wildman–Crippen LogP) is 2.65. The van der Waals surface area contributed by atoms with Crippen molar-refractivity contribution in [1.29, 1.82) is 0 Å². The molecule has 0 atom stereocenters. The van der Waals surface area contributed by atoms with Crippen LogP contribution in [0.2, 0.25) is 0 Å². The molecule has 6 nitrogen and oxygen atoms in total. The molecule has 2 heterocycles. The van der Waals surface area contributed by atoms with Crippen molar-refractivity contribution < 1.29 is 5.11 Å². The van der Waals surface area contributed by atoms with Gasteiger partial charge in [-0.3, -0.25) is 4.79 Å². The van der Waals surface area contributed by atoms with E-state index in [1.165, 1.54) is 10.9 Å². The van der Waals surface area contributed by atoms with E-state index in [4.69, 9.17) is 0 Å². The molecule has 0 saturated heterocycles. The first-order valence-electron chi connectivity index (χ1n) is 8.25. The Morgan fingerprint density at radius 3 is 2.52 bits per heavy atom. The van der Waals surface area contributed by atoms with Gasteiger partial charge in [0, 0.05) is 19.2 Å². The molecule has 25 heavy (non-hydrogen) atoms. The van der Waals surface area contributed by atoms with E-state index in [1.807, 2.05) is 37.3 Å². The zero-order valence-electron chi connectivity index (χ0n) is 14.9. The van der Waals surface area contributed by atoms with E-state index in [0.29, 0.717) is 23.3 Å². The minimum atomic E-state index is -0.891. The molecule has 3 rings (SSSR count). The quantitative estimate of drug-likeness (QED) is 0.764. The van der Waals surface area contributed by atoms with Gasteiger partial charge < -0.3 is 15.0 Å². The SMILES string of the molecule is CCNc1nc(-c2ccc(C(C)(C)O)cc2)cc2ncn(C)c(=O)c12. The molecule has 6 heteroatoms. The van der Waals surface area contributed by atoms with Crippen molar-refractivity contribution in [2.45, 2.75) is 26.4 Å². The van der Waals surface area contributed by atoms with Gasteiger partial charge in [0.05, 0.1) is 23.1 Å². The number of pyridine rings is 1. The number of aromatic nitrogens is 3. The summed E-state index contributed by atoms with van der Waals surface area (Å²) in [5.74, 6) is 0.537. The number of rotatable bonds is 4. The summed E-state index contributed by atoms with van der Waals surface area (Å²) < 4.78 is 1.45. The van der Waals surface area contributed by atoms with E-state index in [2.05, 4.69) is 15.3 Å². The fraction of sp³-hybridized carbons (Fsp3) is 0.316. The summed E-state index contributed by atoms with van der Waals surface area (Å²) in [5.41, 5.74) is 2.05. The molecule has 0 aliphatic carbocycles. The third-order valence-corrected chi connectivity index (χ3v) is 4.13. The van der Waals surface area contributed by atoms with Crippen molar-refractivity contribution in [3.8, 4) is 11.3 Å². The molecule has 0 fully saturated rings. The van der Waals surface area contributed by atoms with Gasteiger partial charge in [0.2, 0.25) is 0 Å². The Bertz CT molecular complexity index is 970. The minimum absolute atomic E-state index is 0.127. The fourth-order valence-electron chi connectivity index (χ4n) is 2.71. The molecule has 2 aromatic heterocycles. The number of fused-ring (bicyclic) bond motifs is 1. The maximum absolute atomic E-state index is 12.4. The van der Waals surface area contributed by atoms with Crippen molar-refractivity contribution in [2.75, 3.05) is 11.9 Å². The van der Waals surface area contributed by atoms with Gasteiger partial charge in [0.25, 0.3) is 5.56 Å². The van der Waals surface area contributed by atoms with Gasteiger partial charge >= 0.3 is 0 Å². The molecular weight excluding hydrogens is 316 g/mol. The molecule has 0 radical (unpaired) electrons. The van der Waals surface area contributed by atoms with Crippen molar-refractivity contribution in [3.05, 3.63) is 52.6 Å². The molecule has 2 N–H and O–H groups in total. The molecule has 0 amide bonds. The van der Waals surface area contributed by atoms with Crippen molar-refractivity contribution in [1.82, 2.24) is 14.5 Å². The monoisotopic (exact) mass is 338 g/mol. The van der Waals surface area contributed by atoms with Gasteiger partial charge in [-0.05, 0) is 32.4 Å². The van der Waals surface area contributed by atoms with Gasteiger partial charge in [0.1, 0.15) is 11.2 Å². The molecule has 3 aromatic rings. The first kappa shape index (κ1) is 17.1. The van der Waals surface area contributed by atoms with E-state index in [0.717, 1.165) is 16.8 Å². The highest BCUT2D eigenvalue weighted by molar-refractivity contribution is 5.91. The van der Waals surface area contributed by atoms with Crippen LogP contribution < -0.4 is 10.9 Å². The van der Waals surface area contributed by atoms with Crippen LogP contribution in [-0.2, 0) is 12.6 Å². The highest BCUT2D eigenvalue weighted by Crippen LogP contribution is 2.27. The predicted molar refractivity (Wildman–Crippen MR) is 99.6 cm³/mol. The molecule has 0 unspecified atom stereocenters. The summed E-state index contributed by atoms with van der Waals surface area (Å²) >= 11 is 0. The first-order chi connectivity index (χ1) is 11.8. The minimum Gasteiger partial charge on any atom is -0.386 e. The van der Waals surface area contributed by atoms with Crippen LogP contribution in [0.15, 0.2) is 41.5 Å². The summed E-state index contributed by atoms with van der Waals surface area (Å²) in [5, 5.41) is 13.7. The molecule has 130 valence electrons. The second kappa shape index (κ2) is 6.29. The maximum atomic E-state index is 12.4. The Kier molecular flexibility index (Phi) is 4.30. The lowest BCUT2D eigenvalue weighted by Crippen LogP contribution is -2.19. The highest BCUT2D eigenvalue weighted by Gasteiger charge is 2.16. The van der Waals surface area contributed by atoms with Crippen molar-refractivity contribution in [3.63, 3.8) is 0 Å². The average Bonchev–Trinajstić information content (AvgIpc) is 2.57. The van der Waals surface area contributed by atoms with Crippen LogP contribution in [0.1, 0.15) is 26.3 Å². The van der Waals surface area contributed by atoms with Crippen molar-refractivity contribution >= 4 is 16.7 Å². The fourth-order valence-corrected chi connectivity index (χ4v) is 2.71. The second-order valence-corrected chi connectivity index (χ2v) is 6.58. The van der Waals surface area contributed by atoms with Crippen molar-refractivity contribution in [2.24, 2.45) is 7.05 Å². The molecule has 1 aromatic carbocycles. The summed E-state index contributed by atoms with van der Waals surface area (Å²) in [7, 11) is 1.67. The Morgan fingerprint density at radius 2 is 1.92 bits per heavy atom. The Balaban J connectivity index is 2.17. The van der Waals surface area contributed by atoms with E-state index in [-0.39, 0.29) is 5.56 Å². The summed E-state index contributed by atoms with van der Waals surface area (Å²) in [6.07, 6.45) is 1.52. The lowest BCUT2D eigenvalue weighted by Gasteiger charge is -2.18. The Morgan fingerprint density at radius 1 is 1.24 bits per heavy atom. The lowest BCUT2D eigenvalue weighted by atomic mass is 9.96. The number of benzene rings is 1. The third-order valence-electron chi connectivity index (χ3n) is 4.13. The summed E-state index contributed by atoms with van der Waals surface area (Å²) in [6, 6.07) is 9.41. The number of anilines is 1. The summed E-state index contributed by atoms with van der Waals surface area (Å²) in [6.45, 7) is 6.11. The van der Waals surface area contributed by atoms with Gasteiger partial charge in [-0.1, -0.05) is 24.3 Å². The molecule has 0 spiro atoms. The summed E-state index contributed by atoms with van der Waals surface area (Å²) in [4.78, 5) is 21.4. The van der Waals surface area contributed by atoms with Crippen LogP contribution in [0, 0.1) is 0 Å². The van der Waals surface area contributed by atoms with Gasteiger partial charge in [0.15, 0.2) is 0 Å². The van der Waals surface area contributed by atoms with E-state index < -0.39 is 5.60 Å². The van der Waals surface area contributed by atoms with Crippen LogP contribution >= 0.6 is 0 Å². The number of aliphatic hydroxyl groups is 1. The van der Waals surface area contributed by atoms with Crippen LogP contribution in [0.5, 0.6) is 0 Å². The highest BCUT2D eigenvalue weighted by atomic mass is 16.3. The smallest absolute Gasteiger partial charge is 0.264 e. The number of nitrogens with zero attached hydrogens (tertiary/aromatic N) is 3. The van der Waals surface area contributed by atoms with Crippen LogP contribution in [0.3, 0.4) is 0 Å². The number of nitrogens with one attached hydrogen (secondary N) is 1. The topological polar surface area (TPSA) is 80.0 Å². The van der Waals surface area contributed by atoms with Crippen LogP contribution in [0.25, 0.3) is 22.2 Å². The van der Waals surface area contributed by atoms with Crippen LogP contribution in [-0.4, -0.2) is 26.2 Å². The van der Waals surface area contributed by atoms with Crippen LogP contribution in [0.4, 0.5) is 5.82 Å². The van der Waals surface area contributed by atoms with E-state index >= 15 is 0 Å². The van der Waals surface area contributed by atoms with E-state index in [1.54, 1.807) is 20.9 Å². The Hall–Kier alpha value is -2.73.